The van der Waals surface area contributed by atoms with Gasteiger partial charge in [-0.2, -0.15) is 9.90 Å². The van der Waals surface area contributed by atoms with Crippen LogP contribution in [0, 0.1) is 0 Å². The molecule has 0 radical (unpaired) electrons. The molecule has 6 nitrogen and oxygen atoms in total. The summed E-state index contributed by atoms with van der Waals surface area (Å²) in [5, 5.41) is 21.1. The highest BCUT2D eigenvalue weighted by molar-refractivity contribution is 6.00. The molecule has 1 aromatic carbocycles. The van der Waals surface area contributed by atoms with Crippen LogP contribution in [0.1, 0.15) is 24.2 Å². The molecule has 0 saturated carbocycles. The number of hydrogen-bond acceptors (Lipinski definition) is 5. The van der Waals surface area contributed by atoms with Gasteiger partial charge in [0.05, 0.1) is 18.5 Å². The Morgan fingerprint density at radius 1 is 1.21 bits per heavy atom. The number of oxime groups is 1. The molecule has 0 saturated heterocycles. The van der Waals surface area contributed by atoms with Crippen LogP contribution < -0.4 is 4.74 Å². The van der Waals surface area contributed by atoms with E-state index in [1.807, 2.05) is 24.3 Å². The summed E-state index contributed by atoms with van der Waals surface area (Å²) in [7, 11) is 1.63. The highest BCUT2D eigenvalue weighted by Gasteiger charge is 2.22. The summed E-state index contributed by atoms with van der Waals surface area (Å²) in [5.41, 5.74) is 3.05. The Morgan fingerprint density at radius 2 is 2.00 bits per heavy atom. The molecule has 19 heavy (non-hydrogen) atoms. The largest absolute Gasteiger partial charge is 0.497 e. The molecule has 0 spiro atoms. The summed E-state index contributed by atoms with van der Waals surface area (Å²) in [6.45, 7) is 0. The highest BCUT2D eigenvalue weighted by Crippen LogP contribution is 2.20. The van der Waals surface area contributed by atoms with Gasteiger partial charge in [0.25, 0.3) is 0 Å². The Bertz CT molecular complexity index is 616. The van der Waals surface area contributed by atoms with Gasteiger partial charge in [-0.25, -0.2) is 0 Å². The fourth-order valence-electron chi connectivity index (χ4n) is 2.20. The highest BCUT2D eigenvalue weighted by atomic mass is 16.5. The molecule has 0 bridgehead atoms. The quantitative estimate of drug-likeness (QED) is 0.658. The summed E-state index contributed by atoms with van der Waals surface area (Å²) in [4.78, 5) is 1.57. The van der Waals surface area contributed by atoms with Crippen molar-refractivity contribution in [1.29, 1.82) is 0 Å². The van der Waals surface area contributed by atoms with E-state index in [1.54, 1.807) is 11.9 Å². The molecule has 1 N–H and O–H groups in total. The summed E-state index contributed by atoms with van der Waals surface area (Å²) in [5.74, 6) is 0.790. The van der Waals surface area contributed by atoms with Crippen molar-refractivity contribution in [2.75, 3.05) is 7.11 Å². The Hall–Kier alpha value is -2.37. The molecule has 1 aliphatic rings. The number of fused-ring (bicyclic) bond motifs is 1. The average molecular weight is 258 g/mol. The first-order valence-electron chi connectivity index (χ1n) is 6.14. The van der Waals surface area contributed by atoms with Crippen LogP contribution in [0.2, 0.25) is 0 Å². The number of aryl methyl sites for hydroxylation is 1. The Labute approximate surface area is 110 Å². The lowest BCUT2D eigenvalue weighted by molar-refractivity contribution is 0.317. The molecule has 0 fully saturated rings. The first-order chi connectivity index (χ1) is 9.31. The van der Waals surface area contributed by atoms with Gasteiger partial charge in [-0.1, -0.05) is 5.16 Å². The van der Waals surface area contributed by atoms with E-state index in [9.17, 15) is 0 Å². The van der Waals surface area contributed by atoms with Crippen LogP contribution in [0.3, 0.4) is 0 Å². The third kappa shape index (κ3) is 2.05. The van der Waals surface area contributed by atoms with Gasteiger partial charge in [0.1, 0.15) is 17.2 Å². The minimum absolute atomic E-state index is 0.612. The minimum Gasteiger partial charge on any atom is -0.497 e. The number of aromatic nitrogens is 3. The van der Waals surface area contributed by atoms with Crippen LogP contribution in [-0.4, -0.2) is 33.0 Å². The van der Waals surface area contributed by atoms with E-state index in [0.29, 0.717) is 11.4 Å². The second-order valence-electron chi connectivity index (χ2n) is 4.38. The average Bonchev–Trinajstić information content (AvgIpc) is 2.91. The van der Waals surface area contributed by atoms with Gasteiger partial charge in [0.15, 0.2) is 0 Å². The maximum atomic E-state index is 8.98. The van der Waals surface area contributed by atoms with Gasteiger partial charge in [-0.05, 0) is 43.5 Å². The maximum absolute atomic E-state index is 8.98. The molecule has 0 unspecified atom stereocenters. The van der Waals surface area contributed by atoms with Crippen molar-refractivity contribution < 1.29 is 9.94 Å². The number of methoxy groups -OCH3 is 1. The van der Waals surface area contributed by atoms with Gasteiger partial charge >= 0.3 is 0 Å². The minimum atomic E-state index is 0.612. The molecule has 98 valence electrons. The second-order valence-corrected chi connectivity index (χ2v) is 4.38. The number of rotatable bonds is 2. The molecule has 2 aromatic rings. The summed E-state index contributed by atoms with van der Waals surface area (Å²) in [6.07, 6.45) is 2.54. The smallest absolute Gasteiger partial charge is 0.134 e. The second kappa shape index (κ2) is 4.72. The monoisotopic (exact) mass is 258 g/mol. The van der Waals surface area contributed by atoms with Gasteiger partial charge < -0.3 is 9.94 Å². The van der Waals surface area contributed by atoms with Crippen molar-refractivity contribution in [2.45, 2.75) is 19.3 Å². The van der Waals surface area contributed by atoms with Gasteiger partial charge in [-0.3, -0.25) is 0 Å². The molecular formula is C13H14N4O2. The van der Waals surface area contributed by atoms with E-state index >= 15 is 0 Å². The Balaban J connectivity index is 2.00. The van der Waals surface area contributed by atoms with Crippen LogP contribution in [-0.2, 0) is 6.42 Å². The van der Waals surface area contributed by atoms with Crippen molar-refractivity contribution in [3.8, 4) is 11.4 Å². The van der Waals surface area contributed by atoms with Gasteiger partial charge in [0.2, 0.25) is 0 Å². The summed E-state index contributed by atoms with van der Waals surface area (Å²) < 4.78 is 5.12. The third-order valence-corrected chi connectivity index (χ3v) is 3.21. The lowest BCUT2D eigenvalue weighted by Crippen LogP contribution is -2.11. The Morgan fingerprint density at radius 3 is 2.68 bits per heavy atom. The molecular weight excluding hydrogens is 244 g/mol. The van der Waals surface area contributed by atoms with Crippen molar-refractivity contribution >= 4 is 5.71 Å². The fraction of sp³-hybridized carbons (Fsp3) is 0.308. The number of benzene rings is 1. The van der Waals surface area contributed by atoms with Crippen LogP contribution in [0.25, 0.3) is 5.69 Å². The zero-order valence-electron chi connectivity index (χ0n) is 10.6. The lowest BCUT2D eigenvalue weighted by atomic mass is 9.99. The molecule has 6 heteroatoms. The van der Waals surface area contributed by atoms with Crippen molar-refractivity contribution in [2.24, 2.45) is 5.16 Å². The van der Waals surface area contributed by atoms with E-state index in [1.165, 1.54) is 0 Å². The number of ether oxygens (including phenoxy) is 1. The topological polar surface area (TPSA) is 72.5 Å². The number of nitrogens with zero attached hydrogens (tertiary/aromatic N) is 4. The van der Waals surface area contributed by atoms with Gasteiger partial charge in [0, 0.05) is 0 Å². The molecule has 1 aliphatic carbocycles. The van der Waals surface area contributed by atoms with Crippen molar-refractivity contribution in [3.05, 3.63) is 35.7 Å². The Kier molecular flexibility index (Phi) is 2.91. The number of hydrogen-bond donors (Lipinski definition) is 1. The van der Waals surface area contributed by atoms with Crippen molar-refractivity contribution in [3.63, 3.8) is 0 Å². The van der Waals surface area contributed by atoms with Gasteiger partial charge in [-0.15, -0.1) is 5.10 Å². The lowest BCUT2D eigenvalue weighted by Gasteiger charge is -2.07. The van der Waals surface area contributed by atoms with E-state index in [2.05, 4.69) is 15.4 Å². The summed E-state index contributed by atoms with van der Waals surface area (Å²) >= 11 is 0. The van der Waals surface area contributed by atoms with E-state index in [0.717, 1.165) is 36.4 Å². The fourth-order valence-corrected chi connectivity index (χ4v) is 2.20. The molecule has 0 aliphatic heterocycles. The molecule has 3 rings (SSSR count). The predicted octanol–water partition coefficient (Wildman–Crippen LogP) is 1.79. The molecule has 0 amide bonds. The first-order valence-corrected chi connectivity index (χ1v) is 6.14. The maximum Gasteiger partial charge on any atom is 0.134 e. The molecule has 0 atom stereocenters. The first kappa shape index (κ1) is 11.7. The third-order valence-electron chi connectivity index (χ3n) is 3.21. The van der Waals surface area contributed by atoms with E-state index in [4.69, 9.17) is 9.94 Å². The van der Waals surface area contributed by atoms with Crippen molar-refractivity contribution in [1.82, 2.24) is 15.0 Å². The predicted molar refractivity (Wildman–Crippen MR) is 69.2 cm³/mol. The zero-order chi connectivity index (χ0) is 13.2. The van der Waals surface area contributed by atoms with Crippen LogP contribution in [0.5, 0.6) is 5.75 Å². The van der Waals surface area contributed by atoms with E-state index < -0.39 is 0 Å². The zero-order valence-corrected chi connectivity index (χ0v) is 10.6. The standard InChI is InChI=1S/C13H14N4O2/c1-19-10-7-5-9(6-8-10)17-14-11-3-2-4-12(16-18)13(11)15-17/h5-8,18H,2-4H2,1H3/b16-12+. The molecule has 1 aromatic heterocycles. The van der Waals surface area contributed by atoms with Crippen LogP contribution in [0.15, 0.2) is 29.4 Å². The van der Waals surface area contributed by atoms with E-state index in [-0.39, 0.29) is 0 Å². The normalized spacial score (nSPS) is 16.4. The SMILES string of the molecule is COc1ccc(-n2nc3c(n2)/C(=N/O)CCC3)cc1. The van der Waals surface area contributed by atoms with Crippen LogP contribution in [0.4, 0.5) is 0 Å². The van der Waals surface area contributed by atoms with Crippen LogP contribution >= 0.6 is 0 Å². The molecule has 1 heterocycles. The summed E-state index contributed by atoms with van der Waals surface area (Å²) in [6, 6.07) is 7.50.